The average molecular weight is 364 g/mol. The molecular formula is C21H20N2O4. The molecule has 0 radical (unpaired) electrons. The monoisotopic (exact) mass is 364 g/mol. The summed E-state index contributed by atoms with van der Waals surface area (Å²) in [4.78, 5) is 31.2. The number of H-pyrrole nitrogens is 1. The van der Waals surface area contributed by atoms with Gasteiger partial charge in [-0.05, 0) is 49.8 Å². The molecule has 0 aliphatic rings. The molecule has 0 saturated carbocycles. The lowest BCUT2D eigenvalue weighted by molar-refractivity contribution is -0.142. The number of aromatic nitrogens is 2. The van der Waals surface area contributed by atoms with Crippen molar-refractivity contribution in [1.82, 2.24) is 9.97 Å². The summed E-state index contributed by atoms with van der Waals surface area (Å²) in [6.07, 6.45) is 2.31. The second-order valence-corrected chi connectivity index (χ2v) is 5.88. The van der Waals surface area contributed by atoms with Gasteiger partial charge in [0.25, 0.3) is 5.56 Å². The minimum absolute atomic E-state index is 0.261. The van der Waals surface area contributed by atoms with E-state index in [1.54, 1.807) is 37.3 Å². The Hall–Kier alpha value is -3.41. The highest BCUT2D eigenvalue weighted by molar-refractivity contribution is 5.87. The van der Waals surface area contributed by atoms with Crippen molar-refractivity contribution < 1.29 is 14.3 Å². The number of carbonyl (C=O) groups excluding carboxylic acids is 1. The van der Waals surface area contributed by atoms with E-state index in [1.165, 1.54) is 6.08 Å². The van der Waals surface area contributed by atoms with Gasteiger partial charge in [0.2, 0.25) is 0 Å². The maximum absolute atomic E-state index is 12.1. The fourth-order valence-corrected chi connectivity index (χ4v) is 2.57. The second-order valence-electron chi connectivity index (χ2n) is 5.88. The number of hydrogen-bond acceptors (Lipinski definition) is 5. The van der Waals surface area contributed by atoms with Crippen LogP contribution in [0.3, 0.4) is 0 Å². The number of nitrogens with one attached hydrogen (secondary N) is 1. The Labute approximate surface area is 156 Å². The van der Waals surface area contributed by atoms with Crippen LogP contribution in [0.4, 0.5) is 0 Å². The van der Waals surface area contributed by atoms with Crippen LogP contribution in [0, 0.1) is 0 Å². The van der Waals surface area contributed by atoms with E-state index in [4.69, 9.17) is 9.47 Å². The summed E-state index contributed by atoms with van der Waals surface area (Å²) >= 11 is 0. The summed E-state index contributed by atoms with van der Waals surface area (Å²) in [5.74, 6) is 0.561. The average Bonchev–Trinajstić information content (AvgIpc) is 2.67. The van der Waals surface area contributed by atoms with Gasteiger partial charge in [0.1, 0.15) is 5.75 Å². The van der Waals surface area contributed by atoms with E-state index in [1.807, 2.05) is 31.2 Å². The molecule has 0 amide bonds. The smallest absolute Gasteiger partial charge is 0.331 e. The molecule has 138 valence electrons. The van der Waals surface area contributed by atoms with Gasteiger partial charge in [-0.1, -0.05) is 24.3 Å². The molecule has 27 heavy (non-hydrogen) atoms. The number of fused-ring (bicyclic) bond motifs is 1. The lowest BCUT2D eigenvalue weighted by atomic mass is 10.2. The number of ether oxygens (including phenoxy) is 2. The van der Waals surface area contributed by atoms with E-state index in [-0.39, 0.29) is 5.56 Å². The van der Waals surface area contributed by atoms with Crippen LogP contribution in [-0.2, 0) is 9.53 Å². The summed E-state index contributed by atoms with van der Waals surface area (Å²) in [7, 11) is 0. The first-order valence-electron chi connectivity index (χ1n) is 8.67. The molecule has 3 rings (SSSR count). The van der Waals surface area contributed by atoms with Crippen LogP contribution in [0.1, 0.15) is 31.3 Å². The van der Waals surface area contributed by atoms with Crippen LogP contribution in [0.5, 0.6) is 5.75 Å². The van der Waals surface area contributed by atoms with E-state index < -0.39 is 12.1 Å². The Kier molecular flexibility index (Phi) is 5.66. The van der Waals surface area contributed by atoms with Crippen molar-refractivity contribution >= 4 is 22.9 Å². The van der Waals surface area contributed by atoms with Crippen LogP contribution in [0.2, 0.25) is 0 Å². The molecule has 3 aromatic rings. The highest BCUT2D eigenvalue weighted by Crippen LogP contribution is 2.16. The predicted molar refractivity (Wildman–Crippen MR) is 104 cm³/mol. The van der Waals surface area contributed by atoms with E-state index in [0.717, 1.165) is 11.3 Å². The number of para-hydroxylation sites is 1. The Morgan fingerprint density at radius 2 is 1.93 bits per heavy atom. The Bertz CT molecular complexity index is 1020. The molecule has 0 bridgehead atoms. The molecule has 6 heteroatoms. The van der Waals surface area contributed by atoms with Crippen LogP contribution >= 0.6 is 0 Å². The summed E-state index contributed by atoms with van der Waals surface area (Å²) in [6, 6.07) is 14.4. The molecule has 1 N–H and O–H groups in total. The van der Waals surface area contributed by atoms with Gasteiger partial charge in [-0.15, -0.1) is 0 Å². The zero-order chi connectivity index (χ0) is 19.2. The van der Waals surface area contributed by atoms with Crippen LogP contribution in [0.15, 0.2) is 59.4 Å². The van der Waals surface area contributed by atoms with Crippen molar-refractivity contribution in [1.29, 1.82) is 0 Å². The van der Waals surface area contributed by atoms with Crippen molar-refractivity contribution in [3.8, 4) is 5.75 Å². The van der Waals surface area contributed by atoms with Gasteiger partial charge in [0, 0.05) is 6.08 Å². The summed E-state index contributed by atoms with van der Waals surface area (Å²) in [5.41, 5.74) is 1.15. The third kappa shape index (κ3) is 4.61. The summed E-state index contributed by atoms with van der Waals surface area (Å²) < 4.78 is 10.7. The lowest BCUT2D eigenvalue weighted by Gasteiger charge is -2.11. The van der Waals surface area contributed by atoms with E-state index in [9.17, 15) is 9.59 Å². The minimum Gasteiger partial charge on any atom is -0.494 e. The molecule has 1 aromatic heterocycles. The third-order valence-electron chi connectivity index (χ3n) is 3.91. The van der Waals surface area contributed by atoms with Gasteiger partial charge < -0.3 is 14.5 Å². The molecule has 0 fully saturated rings. The van der Waals surface area contributed by atoms with Gasteiger partial charge in [-0.25, -0.2) is 9.78 Å². The van der Waals surface area contributed by atoms with Crippen molar-refractivity contribution in [2.45, 2.75) is 20.0 Å². The van der Waals surface area contributed by atoms with Crippen molar-refractivity contribution in [3.05, 3.63) is 76.3 Å². The van der Waals surface area contributed by atoms with E-state index >= 15 is 0 Å². The zero-order valence-corrected chi connectivity index (χ0v) is 15.1. The van der Waals surface area contributed by atoms with Gasteiger partial charge >= 0.3 is 5.97 Å². The second kappa shape index (κ2) is 8.31. The van der Waals surface area contributed by atoms with Gasteiger partial charge in [-0.2, -0.15) is 0 Å². The maximum Gasteiger partial charge on any atom is 0.331 e. The van der Waals surface area contributed by atoms with Gasteiger partial charge in [0.15, 0.2) is 11.9 Å². The first kappa shape index (κ1) is 18.4. The molecule has 1 atom stereocenters. The topological polar surface area (TPSA) is 81.3 Å². The SMILES string of the molecule is CCOc1ccc(/C=C/C(=O)O[C@H](C)c2nc3ccccc3c(=O)[nH]2)cc1. The lowest BCUT2D eigenvalue weighted by Crippen LogP contribution is -2.16. The molecule has 1 heterocycles. The molecule has 0 saturated heterocycles. The normalized spacial score (nSPS) is 12.2. The van der Waals surface area contributed by atoms with Gasteiger partial charge in [0.05, 0.1) is 17.5 Å². The molecule has 6 nitrogen and oxygen atoms in total. The first-order valence-corrected chi connectivity index (χ1v) is 8.67. The van der Waals surface area contributed by atoms with Gasteiger partial charge in [-0.3, -0.25) is 4.79 Å². The molecule has 0 spiro atoms. The number of hydrogen-bond donors (Lipinski definition) is 1. The number of esters is 1. The number of carbonyl (C=O) groups is 1. The molecule has 0 aliphatic carbocycles. The Morgan fingerprint density at radius 3 is 2.67 bits per heavy atom. The number of nitrogens with zero attached hydrogens (tertiary/aromatic N) is 1. The highest BCUT2D eigenvalue weighted by Gasteiger charge is 2.14. The van der Waals surface area contributed by atoms with E-state index in [0.29, 0.717) is 23.3 Å². The van der Waals surface area contributed by atoms with Crippen molar-refractivity contribution in [2.24, 2.45) is 0 Å². The molecular weight excluding hydrogens is 344 g/mol. The van der Waals surface area contributed by atoms with Crippen molar-refractivity contribution in [3.63, 3.8) is 0 Å². The van der Waals surface area contributed by atoms with E-state index in [2.05, 4.69) is 9.97 Å². The van der Waals surface area contributed by atoms with Crippen molar-refractivity contribution in [2.75, 3.05) is 6.61 Å². The zero-order valence-electron chi connectivity index (χ0n) is 15.1. The van der Waals surface area contributed by atoms with Crippen LogP contribution < -0.4 is 10.3 Å². The fraction of sp³-hybridized carbons (Fsp3) is 0.190. The van der Waals surface area contributed by atoms with Crippen LogP contribution in [0.25, 0.3) is 17.0 Å². The fourth-order valence-electron chi connectivity index (χ4n) is 2.57. The molecule has 0 aliphatic heterocycles. The predicted octanol–water partition coefficient (Wildman–Crippen LogP) is 3.64. The van der Waals surface area contributed by atoms with Crippen LogP contribution in [-0.4, -0.2) is 22.5 Å². The quantitative estimate of drug-likeness (QED) is 0.533. The minimum atomic E-state index is -0.681. The maximum atomic E-state index is 12.1. The molecule has 2 aromatic carbocycles. The number of aromatic amines is 1. The standard InChI is InChI=1S/C21H20N2O4/c1-3-26-16-11-8-15(9-12-16)10-13-19(24)27-14(2)20-22-18-7-5-4-6-17(18)21(25)23-20/h4-14H,3H2,1-2H3,(H,22,23,25)/b13-10+/t14-/m1/s1. The largest absolute Gasteiger partial charge is 0.494 e. The number of rotatable bonds is 6. The molecule has 0 unspecified atom stereocenters. The Balaban J connectivity index is 1.67. The highest BCUT2D eigenvalue weighted by atomic mass is 16.5. The Morgan fingerprint density at radius 1 is 1.19 bits per heavy atom. The summed E-state index contributed by atoms with van der Waals surface area (Å²) in [6.45, 7) is 4.18. The third-order valence-corrected chi connectivity index (χ3v) is 3.91. The summed E-state index contributed by atoms with van der Waals surface area (Å²) in [5, 5.41) is 0.496. The first-order chi connectivity index (χ1) is 13.1. The number of benzene rings is 2.